The molecule has 1 aliphatic heterocycles. The van der Waals surface area contributed by atoms with E-state index in [-0.39, 0.29) is 17.5 Å². The van der Waals surface area contributed by atoms with E-state index < -0.39 is 22.0 Å². The van der Waals surface area contributed by atoms with Crippen LogP contribution in [0.3, 0.4) is 0 Å². The molecule has 6 heteroatoms. The monoisotopic (exact) mass is 283 g/mol. The molecule has 1 fully saturated rings. The first kappa shape index (κ1) is 14.0. The van der Waals surface area contributed by atoms with E-state index in [2.05, 4.69) is 0 Å². The Bertz CT molecular complexity index is 577. The molecular weight excluding hydrogens is 266 g/mol. The zero-order valence-electron chi connectivity index (χ0n) is 11.2. The van der Waals surface area contributed by atoms with Gasteiger partial charge >= 0.3 is 5.97 Å². The second kappa shape index (κ2) is 4.94. The van der Waals surface area contributed by atoms with Crippen molar-refractivity contribution in [2.24, 2.45) is 5.92 Å². The molecule has 1 aliphatic rings. The SMILES string of the molecule is Cc1ccc(S(=O)(=O)N2COC(=O)[C@@H]2C(C)C)cc1. The second-order valence-corrected chi connectivity index (χ2v) is 6.88. The summed E-state index contributed by atoms with van der Waals surface area (Å²) in [6, 6.07) is 5.81. The number of hydrogen-bond donors (Lipinski definition) is 0. The third-order valence-corrected chi connectivity index (χ3v) is 4.96. The van der Waals surface area contributed by atoms with Gasteiger partial charge in [-0.2, -0.15) is 0 Å². The minimum Gasteiger partial charge on any atom is -0.447 e. The predicted molar refractivity (Wildman–Crippen MR) is 69.8 cm³/mol. The summed E-state index contributed by atoms with van der Waals surface area (Å²) in [6.45, 7) is 5.28. The molecule has 1 aromatic carbocycles. The van der Waals surface area contributed by atoms with Crippen LogP contribution in [-0.4, -0.2) is 31.5 Å². The highest BCUT2D eigenvalue weighted by Gasteiger charge is 2.44. The summed E-state index contributed by atoms with van der Waals surface area (Å²) in [5.74, 6) is -0.610. The van der Waals surface area contributed by atoms with E-state index in [1.807, 2.05) is 6.92 Å². The Hall–Kier alpha value is -1.40. The summed E-state index contributed by atoms with van der Waals surface area (Å²) in [6.07, 6.45) is 0. The molecule has 1 saturated heterocycles. The van der Waals surface area contributed by atoms with Gasteiger partial charge in [-0.3, -0.25) is 4.79 Å². The standard InChI is InChI=1S/C13H17NO4S/c1-9(2)12-13(15)18-8-14(12)19(16,17)11-6-4-10(3)5-7-11/h4-7,9,12H,8H2,1-3H3/t12-/m0/s1. The van der Waals surface area contributed by atoms with Crippen LogP contribution in [0.2, 0.25) is 0 Å². The van der Waals surface area contributed by atoms with Gasteiger partial charge in [-0.1, -0.05) is 31.5 Å². The van der Waals surface area contributed by atoms with E-state index in [9.17, 15) is 13.2 Å². The first-order valence-electron chi connectivity index (χ1n) is 6.09. The number of nitrogens with zero attached hydrogens (tertiary/aromatic N) is 1. The van der Waals surface area contributed by atoms with Crippen LogP contribution in [0.4, 0.5) is 0 Å². The maximum absolute atomic E-state index is 12.5. The van der Waals surface area contributed by atoms with Crippen LogP contribution in [0.1, 0.15) is 19.4 Å². The lowest BCUT2D eigenvalue weighted by Gasteiger charge is -2.22. The summed E-state index contributed by atoms with van der Waals surface area (Å²) < 4.78 is 31.0. The predicted octanol–water partition coefficient (Wildman–Crippen LogP) is 1.52. The molecule has 0 spiro atoms. The molecule has 2 rings (SSSR count). The van der Waals surface area contributed by atoms with Crippen LogP contribution in [0.5, 0.6) is 0 Å². The number of aryl methyl sites for hydroxylation is 1. The first-order chi connectivity index (χ1) is 8.84. The Kier molecular flexibility index (Phi) is 3.64. The number of carbonyl (C=O) groups is 1. The molecule has 0 amide bonds. The number of cyclic esters (lactones) is 1. The number of carbonyl (C=O) groups excluding carboxylic acids is 1. The van der Waals surface area contributed by atoms with Gasteiger partial charge in [0.1, 0.15) is 6.04 Å². The van der Waals surface area contributed by atoms with Gasteiger partial charge in [-0.05, 0) is 25.0 Å². The maximum atomic E-state index is 12.5. The topological polar surface area (TPSA) is 63.7 Å². The Morgan fingerprint density at radius 1 is 1.26 bits per heavy atom. The van der Waals surface area contributed by atoms with E-state index in [4.69, 9.17) is 4.74 Å². The molecule has 1 heterocycles. The number of ether oxygens (including phenoxy) is 1. The summed E-state index contributed by atoms with van der Waals surface area (Å²) in [4.78, 5) is 11.8. The van der Waals surface area contributed by atoms with Gasteiger partial charge in [0.25, 0.3) is 0 Å². The van der Waals surface area contributed by atoms with Gasteiger partial charge in [0, 0.05) is 0 Å². The van der Waals surface area contributed by atoms with Crippen molar-refractivity contribution in [3.8, 4) is 0 Å². The molecule has 0 aliphatic carbocycles. The largest absolute Gasteiger partial charge is 0.447 e. The van der Waals surface area contributed by atoms with Crippen LogP contribution in [-0.2, 0) is 19.6 Å². The molecule has 0 aromatic heterocycles. The number of benzene rings is 1. The van der Waals surface area contributed by atoms with Crippen LogP contribution < -0.4 is 0 Å². The molecule has 0 N–H and O–H groups in total. The van der Waals surface area contributed by atoms with Crippen molar-refractivity contribution in [1.29, 1.82) is 0 Å². The van der Waals surface area contributed by atoms with Crippen molar-refractivity contribution in [3.05, 3.63) is 29.8 Å². The van der Waals surface area contributed by atoms with Crippen molar-refractivity contribution in [1.82, 2.24) is 4.31 Å². The molecule has 0 saturated carbocycles. The third kappa shape index (κ3) is 2.50. The Morgan fingerprint density at radius 2 is 1.84 bits per heavy atom. The lowest BCUT2D eigenvalue weighted by atomic mass is 10.1. The van der Waals surface area contributed by atoms with Crippen molar-refractivity contribution in [2.45, 2.75) is 31.7 Å². The first-order valence-corrected chi connectivity index (χ1v) is 7.53. The zero-order valence-corrected chi connectivity index (χ0v) is 12.0. The van der Waals surface area contributed by atoms with E-state index in [0.717, 1.165) is 9.87 Å². The lowest BCUT2D eigenvalue weighted by molar-refractivity contribution is -0.139. The third-order valence-electron chi connectivity index (χ3n) is 3.14. The zero-order chi connectivity index (χ0) is 14.2. The minimum atomic E-state index is -3.70. The highest BCUT2D eigenvalue weighted by atomic mass is 32.2. The quantitative estimate of drug-likeness (QED) is 0.789. The van der Waals surface area contributed by atoms with Gasteiger partial charge in [-0.15, -0.1) is 4.31 Å². The molecule has 0 bridgehead atoms. The molecule has 19 heavy (non-hydrogen) atoms. The van der Waals surface area contributed by atoms with Crippen molar-refractivity contribution in [3.63, 3.8) is 0 Å². The molecule has 104 valence electrons. The van der Waals surface area contributed by atoms with Crippen LogP contribution in [0.25, 0.3) is 0 Å². The summed E-state index contributed by atoms with van der Waals surface area (Å²) in [5, 5.41) is 0. The second-order valence-electron chi connectivity index (χ2n) is 4.99. The van der Waals surface area contributed by atoms with Gasteiger partial charge in [0.2, 0.25) is 10.0 Å². The van der Waals surface area contributed by atoms with E-state index in [0.29, 0.717) is 0 Å². The van der Waals surface area contributed by atoms with Crippen LogP contribution >= 0.6 is 0 Å². The molecule has 1 atom stereocenters. The normalized spacial score (nSPS) is 20.8. The van der Waals surface area contributed by atoms with Gasteiger partial charge in [0.05, 0.1) is 4.90 Å². The van der Waals surface area contributed by atoms with Gasteiger partial charge in [0.15, 0.2) is 6.73 Å². The highest BCUT2D eigenvalue weighted by Crippen LogP contribution is 2.26. The number of sulfonamides is 1. The Morgan fingerprint density at radius 3 is 2.37 bits per heavy atom. The summed E-state index contributed by atoms with van der Waals surface area (Å²) in [7, 11) is -3.70. The van der Waals surface area contributed by atoms with Crippen LogP contribution in [0.15, 0.2) is 29.2 Å². The smallest absolute Gasteiger partial charge is 0.326 e. The molecule has 0 radical (unpaired) electrons. The van der Waals surface area contributed by atoms with E-state index in [1.54, 1.807) is 38.1 Å². The van der Waals surface area contributed by atoms with E-state index in [1.165, 1.54) is 0 Å². The number of rotatable bonds is 3. The minimum absolute atomic E-state index is 0.129. The van der Waals surface area contributed by atoms with Crippen molar-refractivity contribution >= 4 is 16.0 Å². The molecule has 1 aromatic rings. The fourth-order valence-electron chi connectivity index (χ4n) is 2.08. The lowest BCUT2D eigenvalue weighted by Crippen LogP contribution is -2.41. The van der Waals surface area contributed by atoms with Gasteiger partial charge < -0.3 is 4.74 Å². The number of esters is 1. The fraction of sp³-hybridized carbons (Fsp3) is 0.462. The maximum Gasteiger partial charge on any atom is 0.326 e. The molecule has 0 unspecified atom stereocenters. The Balaban J connectivity index is 2.39. The average Bonchev–Trinajstić information content (AvgIpc) is 2.72. The highest BCUT2D eigenvalue weighted by molar-refractivity contribution is 7.89. The van der Waals surface area contributed by atoms with Gasteiger partial charge in [-0.25, -0.2) is 8.42 Å². The molecular formula is C13H17NO4S. The number of hydrogen-bond acceptors (Lipinski definition) is 4. The van der Waals surface area contributed by atoms with E-state index >= 15 is 0 Å². The van der Waals surface area contributed by atoms with Crippen molar-refractivity contribution < 1.29 is 17.9 Å². The van der Waals surface area contributed by atoms with Crippen molar-refractivity contribution in [2.75, 3.05) is 6.73 Å². The molecule has 5 nitrogen and oxygen atoms in total. The Labute approximate surface area is 113 Å². The van der Waals surface area contributed by atoms with Crippen LogP contribution in [0, 0.1) is 12.8 Å². The summed E-state index contributed by atoms with van der Waals surface area (Å²) >= 11 is 0. The average molecular weight is 283 g/mol. The summed E-state index contributed by atoms with van der Waals surface area (Å²) in [5.41, 5.74) is 0.980. The fourth-order valence-corrected chi connectivity index (χ4v) is 3.65.